The number of benzene rings is 1. The van der Waals surface area contributed by atoms with E-state index in [2.05, 4.69) is 28.6 Å². The summed E-state index contributed by atoms with van der Waals surface area (Å²) in [5, 5.41) is 8.83. The number of thiol groups is 1. The molecule has 0 aromatic heterocycles. The van der Waals surface area contributed by atoms with E-state index in [1.807, 2.05) is 19.9 Å². The van der Waals surface area contributed by atoms with E-state index in [0.29, 0.717) is 41.0 Å². The number of unbranched alkanes of at least 4 members (excludes halogenated alkanes) is 2. The van der Waals surface area contributed by atoms with Gasteiger partial charge in [0.2, 0.25) is 23.6 Å². The molecule has 8 nitrogen and oxygen atoms in total. The quantitative estimate of drug-likeness (QED) is 0.218. The number of nitrogens with zero attached hydrogens (tertiary/aromatic N) is 1. The molecule has 36 heavy (non-hydrogen) atoms. The standard InChI is InChI=1S/C25H34Cl2N4O4S/c1-15(2)23(30-21(32)8-5-4-6-10-31-11-7-9-22(31)33)25(35)28-16(3)24(34)29-20-13-18(26)17(14-36)12-19(20)27/h7,9,12-13,15-16,23,36H,4-6,8,10-11,14H2,1-3H3,(H,28,35)(H,29,34)(H,30,32)/t16-,23-/m0/s1. The molecule has 0 fully saturated rings. The Labute approximate surface area is 227 Å². The van der Waals surface area contributed by atoms with E-state index in [0.717, 1.165) is 18.4 Å². The lowest BCUT2D eigenvalue weighted by molar-refractivity contribution is -0.131. The summed E-state index contributed by atoms with van der Waals surface area (Å²) in [5.41, 5.74) is 1.07. The van der Waals surface area contributed by atoms with Gasteiger partial charge < -0.3 is 20.9 Å². The molecule has 3 N–H and O–H groups in total. The monoisotopic (exact) mass is 556 g/mol. The molecule has 0 spiro atoms. The van der Waals surface area contributed by atoms with Crippen LogP contribution in [0.4, 0.5) is 5.69 Å². The van der Waals surface area contributed by atoms with Gasteiger partial charge in [0, 0.05) is 36.4 Å². The van der Waals surface area contributed by atoms with Gasteiger partial charge in [0.25, 0.3) is 0 Å². The summed E-state index contributed by atoms with van der Waals surface area (Å²) < 4.78 is 0. The Balaban J connectivity index is 1.81. The number of halogens is 2. The van der Waals surface area contributed by atoms with Crippen molar-refractivity contribution in [2.75, 3.05) is 18.4 Å². The highest BCUT2D eigenvalue weighted by Crippen LogP contribution is 2.30. The molecule has 4 amide bonds. The lowest BCUT2D eigenvalue weighted by atomic mass is 10.0. The second-order valence-corrected chi connectivity index (χ2v) is 10.2. The van der Waals surface area contributed by atoms with Crippen molar-refractivity contribution in [2.45, 2.75) is 64.3 Å². The first-order valence-corrected chi connectivity index (χ1v) is 13.4. The fourth-order valence-corrected chi connectivity index (χ4v) is 4.46. The lowest BCUT2D eigenvalue weighted by Crippen LogP contribution is -2.53. The number of nitrogens with one attached hydrogen (secondary N) is 3. The van der Waals surface area contributed by atoms with Gasteiger partial charge in [-0.25, -0.2) is 0 Å². The third-order valence-electron chi connectivity index (χ3n) is 5.81. The average molecular weight is 558 g/mol. The number of hydrogen-bond acceptors (Lipinski definition) is 5. The number of hydrogen-bond donors (Lipinski definition) is 4. The van der Waals surface area contributed by atoms with Crippen LogP contribution in [0.15, 0.2) is 24.3 Å². The van der Waals surface area contributed by atoms with Crippen LogP contribution in [0.5, 0.6) is 0 Å². The third-order valence-corrected chi connectivity index (χ3v) is 6.82. The highest BCUT2D eigenvalue weighted by molar-refractivity contribution is 7.79. The van der Waals surface area contributed by atoms with Gasteiger partial charge in [0.05, 0.1) is 10.7 Å². The van der Waals surface area contributed by atoms with E-state index in [1.54, 1.807) is 30.0 Å². The molecule has 0 aliphatic carbocycles. The summed E-state index contributed by atoms with van der Waals surface area (Å²) in [7, 11) is 0. The molecule has 0 saturated heterocycles. The average Bonchev–Trinajstić information content (AvgIpc) is 3.23. The molecular formula is C25H34Cl2N4O4S. The van der Waals surface area contributed by atoms with Crippen LogP contribution in [0.2, 0.25) is 10.0 Å². The van der Waals surface area contributed by atoms with Crippen LogP contribution >= 0.6 is 35.8 Å². The molecule has 1 heterocycles. The van der Waals surface area contributed by atoms with Crippen LogP contribution in [0.3, 0.4) is 0 Å². The molecule has 0 bridgehead atoms. The summed E-state index contributed by atoms with van der Waals surface area (Å²) in [6.45, 7) is 6.50. The predicted molar refractivity (Wildman–Crippen MR) is 146 cm³/mol. The van der Waals surface area contributed by atoms with Crippen molar-refractivity contribution in [2.24, 2.45) is 5.92 Å². The van der Waals surface area contributed by atoms with Crippen LogP contribution in [0, 0.1) is 5.92 Å². The minimum absolute atomic E-state index is 0.0275. The Hall–Kier alpha value is -2.23. The van der Waals surface area contributed by atoms with Crippen LogP contribution in [0.1, 0.15) is 52.0 Å². The van der Waals surface area contributed by atoms with Gasteiger partial charge in [-0.2, -0.15) is 12.6 Å². The van der Waals surface area contributed by atoms with Crippen LogP contribution in [-0.4, -0.2) is 53.7 Å². The second kappa shape index (κ2) is 14.5. The van der Waals surface area contributed by atoms with Crippen molar-refractivity contribution in [3.8, 4) is 0 Å². The molecule has 1 aromatic rings. The van der Waals surface area contributed by atoms with Crippen molar-refractivity contribution in [3.63, 3.8) is 0 Å². The maximum atomic E-state index is 12.8. The molecule has 1 aliphatic heterocycles. The number of carbonyl (C=O) groups excluding carboxylic acids is 4. The maximum absolute atomic E-state index is 12.8. The normalized spacial score (nSPS) is 14.6. The molecule has 198 valence electrons. The zero-order valence-electron chi connectivity index (χ0n) is 20.8. The molecule has 2 rings (SSSR count). The van der Waals surface area contributed by atoms with Gasteiger partial charge in [-0.15, -0.1) is 0 Å². The first-order valence-electron chi connectivity index (χ1n) is 12.0. The Morgan fingerprint density at radius 3 is 2.36 bits per heavy atom. The summed E-state index contributed by atoms with van der Waals surface area (Å²) in [4.78, 5) is 51.2. The van der Waals surface area contributed by atoms with E-state index >= 15 is 0 Å². The van der Waals surface area contributed by atoms with Crippen molar-refractivity contribution >= 4 is 65.1 Å². The summed E-state index contributed by atoms with van der Waals surface area (Å²) in [6.07, 6.45) is 5.95. The topological polar surface area (TPSA) is 108 Å². The molecule has 0 unspecified atom stereocenters. The number of carbonyl (C=O) groups is 4. The Morgan fingerprint density at radius 2 is 1.75 bits per heavy atom. The Bertz CT molecular complexity index is 1000. The number of amides is 4. The Kier molecular flexibility index (Phi) is 12.1. The van der Waals surface area contributed by atoms with E-state index < -0.39 is 23.9 Å². The first-order chi connectivity index (χ1) is 17.0. The highest BCUT2D eigenvalue weighted by atomic mass is 35.5. The third kappa shape index (κ3) is 9.01. The lowest BCUT2D eigenvalue weighted by Gasteiger charge is -2.24. The molecule has 0 saturated carbocycles. The molecule has 11 heteroatoms. The van der Waals surface area contributed by atoms with E-state index in [-0.39, 0.29) is 24.2 Å². The summed E-state index contributed by atoms with van der Waals surface area (Å²) in [5.74, 6) is -0.903. The smallest absolute Gasteiger partial charge is 0.246 e. The molecule has 1 aromatic carbocycles. The van der Waals surface area contributed by atoms with E-state index in [4.69, 9.17) is 23.2 Å². The fraction of sp³-hybridized carbons (Fsp3) is 0.520. The van der Waals surface area contributed by atoms with E-state index in [1.165, 1.54) is 0 Å². The number of rotatable bonds is 13. The van der Waals surface area contributed by atoms with E-state index in [9.17, 15) is 19.2 Å². The van der Waals surface area contributed by atoms with Crippen molar-refractivity contribution in [3.05, 3.63) is 39.9 Å². The van der Waals surface area contributed by atoms with Gasteiger partial charge in [-0.05, 0) is 43.4 Å². The van der Waals surface area contributed by atoms with Gasteiger partial charge in [0.1, 0.15) is 12.1 Å². The molecule has 1 aliphatic rings. The van der Waals surface area contributed by atoms with Gasteiger partial charge in [-0.1, -0.05) is 49.5 Å². The van der Waals surface area contributed by atoms with Gasteiger partial charge in [0.15, 0.2) is 0 Å². The molecule has 0 radical (unpaired) electrons. The largest absolute Gasteiger partial charge is 0.344 e. The van der Waals surface area contributed by atoms with Crippen molar-refractivity contribution in [1.29, 1.82) is 0 Å². The minimum atomic E-state index is -0.877. The Morgan fingerprint density at radius 1 is 1.03 bits per heavy atom. The maximum Gasteiger partial charge on any atom is 0.246 e. The highest BCUT2D eigenvalue weighted by Gasteiger charge is 2.27. The van der Waals surface area contributed by atoms with Crippen molar-refractivity contribution < 1.29 is 19.2 Å². The minimum Gasteiger partial charge on any atom is -0.344 e. The van der Waals surface area contributed by atoms with Crippen LogP contribution in [-0.2, 0) is 24.9 Å². The summed E-state index contributed by atoms with van der Waals surface area (Å²) in [6, 6.07) is 1.51. The predicted octanol–water partition coefficient (Wildman–Crippen LogP) is 3.97. The van der Waals surface area contributed by atoms with Gasteiger partial charge in [-0.3, -0.25) is 19.2 Å². The number of anilines is 1. The second-order valence-electron chi connectivity index (χ2n) is 9.09. The van der Waals surface area contributed by atoms with Crippen molar-refractivity contribution in [1.82, 2.24) is 15.5 Å². The van der Waals surface area contributed by atoms with Crippen LogP contribution < -0.4 is 16.0 Å². The molecule has 2 atom stereocenters. The summed E-state index contributed by atoms with van der Waals surface area (Å²) >= 11 is 16.6. The zero-order valence-corrected chi connectivity index (χ0v) is 23.2. The SMILES string of the molecule is CC(C)[C@H](NC(=O)CCCCCN1CC=CC1=O)C(=O)N[C@@H](C)C(=O)Nc1cc(Cl)c(CS)cc1Cl. The first kappa shape index (κ1) is 30.0. The van der Waals surface area contributed by atoms with Crippen LogP contribution in [0.25, 0.3) is 0 Å². The zero-order chi connectivity index (χ0) is 26.8. The van der Waals surface area contributed by atoms with Gasteiger partial charge >= 0.3 is 0 Å². The molecular weight excluding hydrogens is 523 g/mol. The fourth-order valence-electron chi connectivity index (χ4n) is 3.64.